The van der Waals surface area contributed by atoms with Gasteiger partial charge in [0.15, 0.2) is 0 Å². The first-order valence-electron chi connectivity index (χ1n) is 6.67. The number of hydrogen-bond donors (Lipinski definition) is 0. The summed E-state index contributed by atoms with van der Waals surface area (Å²) in [6, 6.07) is 4.10. The van der Waals surface area contributed by atoms with Crippen LogP contribution in [0.2, 0.25) is 0 Å². The molecule has 0 saturated carbocycles. The summed E-state index contributed by atoms with van der Waals surface area (Å²) in [5.41, 5.74) is 2.36. The van der Waals surface area contributed by atoms with Gasteiger partial charge >= 0.3 is 0 Å². The molecule has 19 heavy (non-hydrogen) atoms. The van der Waals surface area contributed by atoms with Gasteiger partial charge in [0.25, 0.3) is 0 Å². The van der Waals surface area contributed by atoms with Crippen LogP contribution in [0.1, 0.15) is 24.2 Å². The monoisotopic (exact) mass is 278 g/mol. The van der Waals surface area contributed by atoms with Crippen LogP contribution in [0.15, 0.2) is 24.5 Å². The fraction of sp³-hybridized carbons (Fsp3) is 0.500. The first kappa shape index (κ1) is 12.7. The van der Waals surface area contributed by atoms with Crippen LogP contribution in [0.5, 0.6) is 0 Å². The van der Waals surface area contributed by atoms with Crippen molar-refractivity contribution in [1.29, 1.82) is 0 Å². The molecule has 102 valence electrons. The van der Waals surface area contributed by atoms with Crippen molar-refractivity contribution < 1.29 is 8.42 Å². The standard InChI is InChI=1S/C14H18N2O2S/c1-11-3-2-6-16-13(11)10-15-14(16)9-12-4-7-19(17,18)8-5-12/h2-3,6,10,12H,4-5,7-9H2,1H3. The summed E-state index contributed by atoms with van der Waals surface area (Å²) in [6.07, 6.45) is 6.34. The van der Waals surface area contributed by atoms with Crippen molar-refractivity contribution in [2.24, 2.45) is 5.92 Å². The van der Waals surface area contributed by atoms with Crippen molar-refractivity contribution in [3.8, 4) is 0 Å². The number of fused-ring (bicyclic) bond motifs is 1. The second-order valence-electron chi connectivity index (χ2n) is 5.42. The zero-order valence-corrected chi connectivity index (χ0v) is 11.9. The molecule has 0 spiro atoms. The van der Waals surface area contributed by atoms with Gasteiger partial charge in [-0.25, -0.2) is 13.4 Å². The molecule has 0 unspecified atom stereocenters. The SMILES string of the molecule is Cc1cccn2c(CC3CCS(=O)(=O)CC3)ncc12. The number of aromatic nitrogens is 2. The molecule has 1 saturated heterocycles. The Morgan fingerprint density at radius 3 is 2.84 bits per heavy atom. The lowest BCUT2D eigenvalue weighted by molar-refractivity contribution is 0.453. The number of pyridine rings is 1. The smallest absolute Gasteiger partial charge is 0.150 e. The van der Waals surface area contributed by atoms with E-state index in [0.29, 0.717) is 17.4 Å². The van der Waals surface area contributed by atoms with Crippen LogP contribution in [0.3, 0.4) is 0 Å². The Morgan fingerprint density at radius 2 is 2.11 bits per heavy atom. The van der Waals surface area contributed by atoms with E-state index in [0.717, 1.165) is 30.6 Å². The first-order chi connectivity index (χ1) is 9.05. The van der Waals surface area contributed by atoms with Crippen LogP contribution >= 0.6 is 0 Å². The molecule has 0 amide bonds. The van der Waals surface area contributed by atoms with Crippen molar-refractivity contribution in [2.75, 3.05) is 11.5 Å². The summed E-state index contributed by atoms with van der Waals surface area (Å²) in [6.45, 7) is 2.08. The molecule has 0 bridgehead atoms. The second kappa shape index (κ2) is 4.63. The highest BCUT2D eigenvalue weighted by Crippen LogP contribution is 2.23. The van der Waals surface area contributed by atoms with E-state index < -0.39 is 9.84 Å². The van der Waals surface area contributed by atoms with E-state index in [1.54, 1.807) is 0 Å². The average Bonchev–Trinajstić information content (AvgIpc) is 2.77. The van der Waals surface area contributed by atoms with Gasteiger partial charge in [-0.15, -0.1) is 0 Å². The lowest BCUT2D eigenvalue weighted by Crippen LogP contribution is -2.25. The minimum absolute atomic E-state index is 0.333. The summed E-state index contributed by atoms with van der Waals surface area (Å²) in [7, 11) is -2.77. The molecule has 1 aliphatic rings. The van der Waals surface area contributed by atoms with Gasteiger partial charge in [0.1, 0.15) is 15.7 Å². The van der Waals surface area contributed by atoms with Crippen molar-refractivity contribution >= 4 is 15.4 Å². The van der Waals surface area contributed by atoms with Gasteiger partial charge in [-0.3, -0.25) is 0 Å². The largest absolute Gasteiger partial charge is 0.303 e. The molecule has 1 fully saturated rings. The van der Waals surface area contributed by atoms with Gasteiger partial charge < -0.3 is 4.40 Å². The maximum Gasteiger partial charge on any atom is 0.150 e. The highest BCUT2D eigenvalue weighted by Gasteiger charge is 2.24. The van der Waals surface area contributed by atoms with Crippen LogP contribution in [0.4, 0.5) is 0 Å². The predicted octanol–water partition coefficient (Wildman–Crippen LogP) is 2.01. The van der Waals surface area contributed by atoms with Gasteiger partial charge in [-0.2, -0.15) is 0 Å². The van der Waals surface area contributed by atoms with Crippen molar-refractivity contribution in [1.82, 2.24) is 9.38 Å². The van der Waals surface area contributed by atoms with Gasteiger partial charge in [0.05, 0.1) is 23.2 Å². The highest BCUT2D eigenvalue weighted by atomic mass is 32.2. The lowest BCUT2D eigenvalue weighted by Gasteiger charge is -2.21. The molecular weight excluding hydrogens is 260 g/mol. The number of nitrogens with zero attached hydrogens (tertiary/aromatic N) is 2. The normalized spacial score (nSPS) is 19.8. The second-order valence-corrected chi connectivity index (χ2v) is 7.72. The van der Waals surface area contributed by atoms with E-state index in [1.807, 2.05) is 18.5 Å². The third-order valence-electron chi connectivity index (χ3n) is 4.00. The van der Waals surface area contributed by atoms with E-state index >= 15 is 0 Å². The van der Waals surface area contributed by atoms with E-state index in [1.165, 1.54) is 5.56 Å². The lowest BCUT2D eigenvalue weighted by atomic mass is 9.98. The highest BCUT2D eigenvalue weighted by molar-refractivity contribution is 7.91. The summed E-state index contributed by atoms with van der Waals surface area (Å²) in [4.78, 5) is 4.50. The van der Waals surface area contributed by atoms with Gasteiger partial charge in [0.2, 0.25) is 0 Å². The molecule has 0 N–H and O–H groups in total. The molecule has 2 aromatic heterocycles. The Kier molecular flexibility index (Phi) is 3.09. The molecule has 2 aromatic rings. The van der Waals surface area contributed by atoms with Gasteiger partial charge in [0, 0.05) is 12.6 Å². The summed E-state index contributed by atoms with van der Waals surface area (Å²) >= 11 is 0. The maximum absolute atomic E-state index is 11.4. The number of rotatable bonds is 2. The molecule has 5 heteroatoms. The zero-order chi connectivity index (χ0) is 13.5. The molecule has 3 rings (SSSR count). The topological polar surface area (TPSA) is 51.4 Å². The molecule has 4 nitrogen and oxygen atoms in total. The van der Waals surface area contributed by atoms with E-state index in [-0.39, 0.29) is 0 Å². The van der Waals surface area contributed by atoms with Crippen molar-refractivity contribution in [2.45, 2.75) is 26.2 Å². The van der Waals surface area contributed by atoms with Gasteiger partial charge in [-0.1, -0.05) is 6.07 Å². The predicted molar refractivity (Wildman–Crippen MR) is 75.0 cm³/mol. The van der Waals surface area contributed by atoms with Crippen molar-refractivity contribution in [3.63, 3.8) is 0 Å². The Bertz CT molecular complexity index is 689. The minimum Gasteiger partial charge on any atom is -0.303 e. The van der Waals surface area contributed by atoms with E-state index in [2.05, 4.69) is 22.4 Å². The van der Waals surface area contributed by atoms with Crippen LogP contribution in [-0.2, 0) is 16.3 Å². The maximum atomic E-state index is 11.4. The van der Waals surface area contributed by atoms with Crippen LogP contribution in [0, 0.1) is 12.8 Å². The number of hydrogen-bond acceptors (Lipinski definition) is 3. The quantitative estimate of drug-likeness (QED) is 0.844. The molecule has 1 aliphatic heterocycles. The Morgan fingerprint density at radius 1 is 1.37 bits per heavy atom. The van der Waals surface area contributed by atoms with Crippen LogP contribution in [-0.4, -0.2) is 29.3 Å². The van der Waals surface area contributed by atoms with Gasteiger partial charge in [-0.05, 0) is 37.3 Å². The van der Waals surface area contributed by atoms with E-state index in [9.17, 15) is 8.42 Å². The number of imidazole rings is 1. The Balaban J connectivity index is 1.81. The summed E-state index contributed by atoms with van der Waals surface area (Å²) < 4.78 is 25.0. The zero-order valence-electron chi connectivity index (χ0n) is 11.0. The Labute approximate surface area is 113 Å². The fourth-order valence-corrected chi connectivity index (χ4v) is 4.36. The number of sulfone groups is 1. The fourth-order valence-electron chi connectivity index (χ4n) is 2.77. The number of aryl methyl sites for hydroxylation is 1. The molecule has 0 atom stereocenters. The molecule has 0 aliphatic carbocycles. The average molecular weight is 278 g/mol. The minimum atomic E-state index is -2.77. The molecular formula is C14H18N2O2S. The summed E-state index contributed by atoms with van der Waals surface area (Å²) in [5, 5.41) is 0. The van der Waals surface area contributed by atoms with Crippen LogP contribution < -0.4 is 0 Å². The molecule has 3 heterocycles. The van der Waals surface area contributed by atoms with Crippen molar-refractivity contribution in [3.05, 3.63) is 35.9 Å². The Hall–Kier alpha value is -1.36. The third-order valence-corrected chi connectivity index (χ3v) is 5.72. The van der Waals surface area contributed by atoms with Crippen LogP contribution in [0.25, 0.3) is 5.52 Å². The molecule has 0 radical (unpaired) electrons. The summed E-state index contributed by atoms with van der Waals surface area (Å²) in [5.74, 6) is 2.15. The third kappa shape index (κ3) is 2.52. The first-order valence-corrected chi connectivity index (χ1v) is 8.49. The van der Waals surface area contributed by atoms with E-state index in [4.69, 9.17) is 0 Å². The molecule has 0 aromatic carbocycles.